The van der Waals surface area contributed by atoms with E-state index in [1.165, 1.54) is 0 Å². The highest BCUT2D eigenvalue weighted by Gasteiger charge is 2.27. The van der Waals surface area contributed by atoms with Crippen LogP contribution < -0.4 is 5.73 Å². The number of nitrogens with two attached hydrogens (primary N) is 1. The van der Waals surface area contributed by atoms with Crippen molar-refractivity contribution in [2.75, 3.05) is 7.05 Å². The lowest BCUT2D eigenvalue weighted by molar-refractivity contribution is -0.134. The van der Waals surface area contributed by atoms with Crippen molar-refractivity contribution in [1.82, 2.24) is 4.90 Å². The van der Waals surface area contributed by atoms with Gasteiger partial charge >= 0.3 is 0 Å². The topological polar surface area (TPSA) is 70.1 Å². The average molecular weight is 207 g/mol. The van der Waals surface area contributed by atoms with Crippen LogP contribution in [0.5, 0.6) is 0 Å². The summed E-state index contributed by atoms with van der Waals surface area (Å²) in [6.07, 6.45) is 4.78. The number of nitrogens with zero attached hydrogens (tertiary/aromatic N) is 2. The van der Waals surface area contributed by atoms with Gasteiger partial charge in [-0.15, -0.1) is 0 Å². The summed E-state index contributed by atoms with van der Waals surface area (Å²) in [5, 5.41) is 8.55. The molecule has 3 atom stereocenters. The van der Waals surface area contributed by atoms with Gasteiger partial charge in [0.2, 0.25) is 5.91 Å². The molecule has 1 rings (SSSR count). The minimum atomic E-state index is -0.105. The van der Waals surface area contributed by atoms with Crippen molar-refractivity contribution in [2.45, 2.75) is 31.8 Å². The molecular formula is C11H17N3O. The Bertz CT molecular complexity index is 305. The van der Waals surface area contributed by atoms with E-state index in [0.717, 1.165) is 0 Å². The Morgan fingerprint density at radius 1 is 1.73 bits per heavy atom. The van der Waals surface area contributed by atoms with Crippen LogP contribution in [0.1, 0.15) is 19.8 Å². The summed E-state index contributed by atoms with van der Waals surface area (Å²) in [6.45, 7) is 1.87. The van der Waals surface area contributed by atoms with E-state index in [-0.39, 0.29) is 23.9 Å². The fraction of sp³-hybridized carbons (Fsp3) is 0.636. The minimum absolute atomic E-state index is 0.00128. The number of rotatable bonds is 3. The highest BCUT2D eigenvalue weighted by Crippen LogP contribution is 2.19. The van der Waals surface area contributed by atoms with E-state index in [4.69, 9.17) is 11.0 Å². The molecule has 0 radical (unpaired) electrons. The van der Waals surface area contributed by atoms with Gasteiger partial charge in [-0.1, -0.05) is 12.2 Å². The van der Waals surface area contributed by atoms with Crippen LogP contribution in [0.3, 0.4) is 0 Å². The summed E-state index contributed by atoms with van der Waals surface area (Å²) in [6, 6.07) is 2.03. The van der Waals surface area contributed by atoms with Crippen LogP contribution in [0.25, 0.3) is 0 Å². The highest BCUT2D eigenvalue weighted by atomic mass is 16.2. The lowest BCUT2D eigenvalue weighted by atomic mass is 10.1. The third kappa shape index (κ3) is 2.80. The number of amides is 1. The SMILES string of the molecule is CC(CC#N)N(C)C(=O)C1C=CC(N)C1. The van der Waals surface area contributed by atoms with Gasteiger partial charge in [-0.2, -0.15) is 5.26 Å². The quantitative estimate of drug-likeness (QED) is 0.691. The van der Waals surface area contributed by atoms with Crippen LogP contribution >= 0.6 is 0 Å². The van der Waals surface area contributed by atoms with Gasteiger partial charge in [-0.25, -0.2) is 0 Å². The molecule has 4 heteroatoms. The number of carbonyl (C=O) groups excluding carboxylic acids is 1. The first-order chi connectivity index (χ1) is 7.06. The Hall–Kier alpha value is -1.34. The molecule has 0 bridgehead atoms. The molecular weight excluding hydrogens is 190 g/mol. The Balaban J connectivity index is 2.54. The summed E-state index contributed by atoms with van der Waals surface area (Å²) < 4.78 is 0. The molecule has 1 aliphatic carbocycles. The Labute approximate surface area is 90.3 Å². The van der Waals surface area contributed by atoms with Crippen molar-refractivity contribution in [2.24, 2.45) is 11.7 Å². The molecule has 1 amide bonds. The molecule has 0 saturated heterocycles. The van der Waals surface area contributed by atoms with Gasteiger partial charge in [0.25, 0.3) is 0 Å². The molecule has 4 nitrogen and oxygen atoms in total. The molecule has 0 fully saturated rings. The molecule has 0 aliphatic heterocycles. The molecule has 1 aliphatic rings. The third-order valence-corrected chi connectivity index (χ3v) is 2.83. The molecule has 82 valence electrons. The van der Waals surface area contributed by atoms with E-state index in [0.29, 0.717) is 12.8 Å². The van der Waals surface area contributed by atoms with Gasteiger partial charge in [0.1, 0.15) is 0 Å². The van der Waals surface area contributed by atoms with Crippen LogP contribution in [-0.2, 0) is 4.79 Å². The van der Waals surface area contributed by atoms with Crippen molar-refractivity contribution >= 4 is 5.91 Å². The molecule has 3 unspecified atom stereocenters. The lowest BCUT2D eigenvalue weighted by Crippen LogP contribution is -2.38. The number of nitriles is 1. The molecule has 0 heterocycles. The summed E-state index contributed by atoms with van der Waals surface area (Å²) in [5.74, 6) is -0.0481. The highest BCUT2D eigenvalue weighted by molar-refractivity contribution is 5.81. The van der Waals surface area contributed by atoms with Crippen LogP contribution in [0.2, 0.25) is 0 Å². The Morgan fingerprint density at radius 3 is 2.87 bits per heavy atom. The average Bonchev–Trinajstić information content (AvgIpc) is 2.63. The van der Waals surface area contributed by atoms with E-state index < -0.39 is 0 Å². The predicted octanol–water partition coefficient (Wildman–Crippen LogP) is 0.650. The van der Waals surface area contributed by atoms with Crippen molar-refractivity contribution in [3.63, 3.8) is 0 Å². The van der Waals surface area contributed by atoms with Crippen molar-refractivity contribution in [3.05, 3.63) is 12.2 Å². The molecule has 0 aromatic heterocycles. The zero-order valence-electron chi connectivity index (χ0n) is 9.18. The lowest BCUT2D eigenvalue weighted by Gasteiger charge is -2.25. The zero-order valence-corrected chi connectivity index (χ0v) is 9.18. The van der Waals surface area contributed by atoms with Gasteiger partial charge in [0.05, 0.1) is 18.4 Å². The van der Waals surface area contributed by atoms with Crippen molar-refractivity contribution in [1.29, 1.82) is 5.26 Å². The first-order valence-electron chi connectivity index (χ1n) is 5.13. The maximum Gasteiger partial charge on any atom is 0.229 e. The second-order valence-electron chi connectivity index (χ2n) is 4.05. The van der Waals surface area contributed by atoms with E-state index in [2.05, 4.69) is 6.07 Å². The maximum atomic E-state index is 11.9. The van der Waals surface area contributed by atoms with Crippen LogP contribution in [0.4, 0.5) is 0 Å². The van der Waals surface area contributed by atoms with Crippen molar-refractivity contribution in [3.8, 4) is 6.07 Å². The first-order valence-corrected chi connectivity index (χ1v) is 5.13. The van der Waals surface area contributed by atoms with E-state index >= 15 is 0 Å². The smallest absolute Gasteiger partial charge is 0.229 e. The predicted molar refractivity (Wildman–Crippen MR) is 57.7 cm³/mol. The molecule has 0 aromatic rings. The minimum Gasteiger partial charge on any atom is -0.342 e. The van der Waals surface area contributed by atoms with E-state index in [1.54, 1.807) is 11.9 Å². The molecule has 15 heavy (non-hydrogen) atoms. The van der Waals surface area contributed by atoms with Crippen LogP contribution in [-0.4, -0.2) is 29.9 Å². The number of hydrogen-bond donors (Lipinski definition) is 1. The summed E-state index contributed by atoms with van der Waals surface area (Å²) in [5.41, 5.74) is 5.69. The largest absolute Gasteiger partial charge is 0.342 e. The maximum absolute atomic E-state index is 11.9. The third-order valence-electron chi connectivity index (χ3n) is 2.83. The van der Waals surface area contributed by atoms with Crippen molar-refractivity contribution < 1.29 is 4.79 Å². The summed E-state index contributed by atoms with van der Waals surface area (Å²) in [7, 11) is 1.74. The Kier molecular flexibility index (Phi) is 3.87. The number of carbonyl (C=O) groups is 1. The summed E-state index contributed by atoms with van der Waals surface area (Å²) in [4.78, 5) is 13.6. The monoisotopic (exact) mass is 207 g/mol. The summed E-state index contributed by atoms with van der Waals surface area (Å²) >= 11 is 0. The van der Waals surface area contributed by atoms with Gasteiger partial charge in [0, 0.05) is 19.1 Å². The van der Waals surface area contributed by atoms with Crippen LogP contribution in [0, 0.1) is 17.2 Å². The second-order valence-corrected chi connectivity index (χ2v) is 4.05. The molecule has 0 saturated carbocycles. The number of hydrogen-bond acceptors (Lipinski definition) is 3. The van der Waals surface area contributed by atoms with E-state index in [9.17, 15) is 4.79 Å². The molecule has 0 spiro atoms. The standard InChI is InChI=1S/C11H17N3O/c1-8(5-6-12)14(2)11(15)9-3-4-10(13)7-9/h3-4,8-10H,5,7,13H2,1-2H3. The fourth-order valence-electron chi connectivity index (χ4n) is 1.66. The molecule has 0 aromatic carbocycles. The normalized spacial score (nSPS) is 26.0. The van der Waals surface area contributed by atoms with Gasteiger partial charge in [0.15, 0.2) is 0 Å². The zero-order chi connectivity index (χ0) is 11.4. The second kappa shape index (κ2) is 4.94. The fourth-order valence-corrected chi connectivity index (χ4v) is 1.66. The van der Waals surface area contributed by atoms with E-state index in [1.807, 2.05) is 19.1 Å². The van der Waals surface area contributed by atoms with Gasteiger partial charge in [-0.3, -0.25) is 4.79 Å². The Morgan fingerprint density at radius 2 is 2.40 bits per heavy atom. The van der Waals surface area contributed by atoms with Gasteiger partial charge < -0.3 is 10.6 Å². The first kappa shape index (κ1) is 11.7. The van der Waals surface area contributed by atoms with Crippen LogP contribution in [0.15, 0.2) is 12.2 Å². The van der Waals surface area contributed by atoms with Gasteiger partial charge in [-0.05, 0) is 13.3 Å². The molecule has 2 N–H and O–H groups in total.